The van der Waals surface area contributed by atoms with Gasteiger partial charge >= 0.3 is 6.18 Å². The van der Waals surface area contributed by atoms with Gasteiger partial charge in [0.1, 0.15) is 5.82 Å². The number of rotatable bonds is 3. The largest absolute Gasteiger partial charge is 0.416 e. The number of halogens is 3. The molecule has 4 rings (SSSR count). The lowest BCUT2D eigenvalue weighted by Gasteiger charge is -2.07. The molecule has 4 aromatic rings. The van der Waals surface area contributed by atoms with E-state index in [0.717, 1.165) is 18.3 Å². The van der Waals surface area contributed by atoms with E-state index in [2.05, 4.69) is 25.4 Å². The summed E-state index contributed by atoms with van der Waals surface area (Å²) in [5, 5.41) is 7.26. The van der Waals surface area contributed by atoms with Crippen LogP contribution in [-0.4, -0.2) is 30.6 Å². The van der Waals surface area contributed by atoms with E-state index in [1.165, 1.54) is 17.1 Å². The minimum Gasteiger partial charge on any atom is -0.353 e. The molecule has 0 spiro atoms. The Labute approximate surface area is 156 Å². The van der Waals surface area contributed by atoms with Gasteiger partial charge < -0.3 is 10.3 Å². The molecule has 0 atom stereocenters. The molecule has 0 unspecified atom stereocenters. The molecule has 0 radical (unpaired) electrons. The molecule has 1 amide bonds. The minimum atomic E-state index is -4.45. The summed E-state index contributed by atoms with van der Waals surface area (Å²) in [7, 11) is 1.70. The van der Waals surface area contributed by atoms with Crippen LogP contribution in [-0.2, 0) is 13.2 Å². The number of amides is 1. The number of fused-ring (bicyclic) bond motifs is 1. The molecular formula is C18H13F3N6O. The van der Waals surface area contributed by atoms with Crippen molar-refractivity contribution < 1.29 is 18.0 Å². The molecule has 0 aliphatic carbocycles. The maximum atomic E-state index is 12.9. The SMILES string of the molecule is Cn1cc(C(=O)Nc2cc3[nH]c(-c4cc(C(F)(F)F)ccn4)cc3cn2)cn1. The molecule has 28 heavy (non-hydrogen) atoms. The Balaban J connectivity index is 1.63. The van der Waals surface area contributed by atoms with Crippen LogP contribution in [0.2, 0.25) is 0 Å². The van der Waals surface area contributed by atoms with Crippen molar-refractivity contribution >= 4 is 22.6 Å². The van der Waals surface area contributed by atoms with Crippen molar-refractivity contribution in [1.29, 1.82) is 0 Å². The van der Waals surface area contributed by atoms with Gasteiger partial charge in [0.25, 0.3) is 5.91 Å². The number of aromatic amines is 1. The van der Waals surface area contributed by atoms with Gasteiger partial charge in [-0.05, 0) is 18.2 Å². The normalized spacial score (nSPS) is 11.7. The molecule has 0 bridgehead atoms. The summed E-state index contributed by atoms with van der Waals surface area (Å²) in [5.41, 5.74) is 0.778. The van der Waals surface area contributed by atoms with Crippen LogP contribution in [0.4, 0.5) is 19.0 Å². The smallest absolute Gasteiger partial charge is 0.353 e. The quantitative estimate of drug-likeness (QED) is 0.563. The third kappa shape index (κ3) is 3.43. The summed E-state index contributed by atoms with van der Waals surface area (Å²) in [6.07, 6.45) is 1.18. The number of pyridine rings is 2. The summed E-state index contributed by atoms with van der Waals surface area (Å²) in [4.78, 5) is 23.4. The van der Waals surface area contributed by atoms with Crippen LogP contribution in [0.1, 0.15) is 15.9 Å². The van der Waals surface area contributed by atoms with Crippen LogP contribution < -0.4 is 5.32 Å². The second kappa shape index (κ2) is 6.48. The highest BCUT2D eigenvalue weighted by Crippen LogP contribution is 2.32. The van der Waals surface area contributed by atoms with Crippen LogP contribution in [0, 0.1) is 0 Å². The molecule has 0 saturated heterocycles. The molecule has 0 fully saturated rings. The van der Waals surface area contributed by atoms with E-state index in [-0.39, 0.29) is 11.6 Å². The first-order valence-corrected chi connectivity index (χ1v) is 8.12. The van der Waals surface area contributed by atoms with Gasteiger partial charge in [-0.25, -0.2) is 4.98 Å². The Morgan fingerprint density at radius 1 is 1.18 bits per heavy atom. The van der Waals surface area contributed by atoms with E-state index in [0.29, 0.717) is 28.0 Å². The molecule has 4 heterocycles. The molecule has 0 saturated carbocycles. The van der Waals surface area contributed by atoms with Gasteiger partial charge in [-0.2, -0.15) is 18.3 Å². The van der Waals surface area contributed by atoms with Crippen LogP contribution in [0.25, 0.3) is 22.3 Å². The van der Waals surface area contributed by atoms with E-state index in [4.69, 9.17) is 0 Å². The first-order chi connectivity index (χ1) is 13.3. The molecule has 142 valence electrons. The van der Waals surface area contributed by atoms with Crippen LogP contribution in [0.15, 0.2) is 49.1 Å². The third-order valence-electron chi connectivity index (χ3n) is 4.08. The highest BCUT2D eigenvalue weighted by molar-refractivity contribution is 6.04. The van der Waals surface area contributed by atoms with Crippen molar-refractivity contribution in [2.24, 2.45) is 7.05 Å². The maximum absolute atomic E-state index is 12.9. The first kappa shape index (κ1) is 17.7. The summed E-state index contributed by atoms with van der Waals surface area (Å²) >= 11 is 0. The van der Waals surface area contributed by atoms with Crippen LogP contribution in [0.5, 0.6) is 0 Å². The molecule has 4 aromatic heterocycles. The van der Waals surface area contributed by atoms with Crippen molar-refractivity contribution in [2.75, 3.05) is 5.32 Å². The van der Waals surface area contributed by atoms with Crippen molar-refractivity contribution in [2.45, 2.75) is 6.18 Å². The summed E-state index contributed by atoms with van der Waals surface area (Å²) < 4.78 is 40.2. The predicted molar refractivity (Wildman–Crippen MR) is 95.5 cm³/mol. The Morgan fingerprint density at radius 3 is 2.71 bits per heavy atom. The Hall–Kier alpha value is -3.69. The molecule has 2 N–H and O–H groups in total. The number of anilines is 1. The minimum absolute atomic E-state index is 0.159. The Morgan fingerprint density at radius 2 is 2.00 bits per heavy atom. The zero-order valence-corrected chi connectivity index (χ0v) is 14.4. The van der Waals surface area contributed by atoms with Crippen molar-refractivity contribution in [3.05, 3.63) is 60.2 Å². The molecule has 10 heteroatoms. The number of carbonyl (C=O) groups is 1. The monoisotopic (exact) mass is 386 g/mol. The molecular weight excluding hydrogens is 373 g/mol. The van der Waals surface area contributed by atoms with Gasteiger partial charge in [0, 0.05) is 37.1 Å². The number of H-pyrrole nitrogens is 1. The summed E-state index contributed by atoms with van der Waals surface area (Å²) in [6, 6.07) is 5.14. The van der Waals surface area contributed by atoms with E-state index >= 15 is 0 Å². The Kier molecular flexibility index (Phi) is 4.10. The highest BCUT2D eigenvalue weighted by atomic mass is 19.4. The van der Waals surface area contributed by atoms with Gasteiger partial charge in [-0.15, -0.1) is 0 Å². The average molecular weight is 386 g/mol. The lowest BCUT2D eigenvalue weighted by atomic mass is 10.2. The highest BCUT2D eigenvalue weighted by Gasteiger charge is 2.30. The zero-order valence-electron chi connectivity index (χ0n) is 14.4. The second-order valence-corrected chi connectivity index (χ2v) is 6.12. The fourth-order valence-corrected chi connectivity index (χ4v) is 2.71. The van der Waals surface area contributed by atoms with Crippen molar-refractivity contribution in [1.82, 2.24) is 24.7 Å². The van der Waals surface area contributed by atoms with Crippen LogP contribution in [0.3, 0.4) is 0 Å². The fourth-order valence-electron chi connectivity index (χ4n) is 2.71. The molecule has 7 nitrogen and oxygen atoms in total. The van der Waals surface area contributed by atoms with Gasteiger partial charge in [0.15, 0.2) is 0 Å². The van der Waals surface area contributed by atoms with E-state index in [9.17, 15) is 18.0 Å². The van der Waals surface area contributed by atoms with Crippen LogP contribution >= 0.6 is 0 Å². The van der Waals surface area contributed by atoms with E-state index < -0.39 is 11.7 Å². The number of nitrogens with one attached hydrogen (secondary N) is 2. The maximum Gasteiger partial charge on any atom is 0.416 e. The van der Waals surface area contributed by atoms with Gasteiger partial charge in [0.2, 0.25) is 0 Å². The summed E-state index contributed by atoms with van der Waals surface area (Å²) in [6.45, 7) is 0. The third-order valence-corrected chi connectivity index (χ3v) is 4.08. The predicted octanol–water partition coefficient (Wildman–Crippen LogP) is 3.63. The standard InChI is InChI=1S/C18H13F3N6O/c1-27-9-11(8-24-27)17(28)26-16-6-13-10(7-23-16)4-15(25-13)14-5-12(2-3-22-14)18(19,20)21/h2-9,25H,1H3,(H,23,26,28). The van der Waals surface area contributed by atoms with Gasteiger partial charge in [0.05, 0.1) is 34.2 Å². The molecule has 0 aliphatic heterocycles. The average Bonchev–Trinajstić information content (AvgIpc) is 3.27. The zero-order chi connectivity index (χ0) is 19.9. The fraction of sp³-hybridized carbons (Fsp3) is 0.111. The molecule has 0 aliphatic rings. The summed E-state index contributed by atoms with van der Waals surface area (Å²) in [5.74, 6) is -0.0713. The lowest BCUT2D eigenvalue weighted by Crippen LogP contribution is -2.12. The number of aromatic nitrogens is 5. The lowest BCUT2D eigenvalue weighted by molar-refractivity contribution is -0.137. The van der Waals surface area contributed by atoms with E-state index in [1.807, 2.05) is 0 Å². The molecule has 0 aromatic carbocycles. The van der Waals surface area contributed by atoms with Gasteiger partial charge in [-0.1, -0.05) is 0 Å². The number of alkyl halides is 3. The van der Waals surface area contributed by atoms with E-state index in [1.54, 1.807) is 25.4 Å². The number of nitrogens with zero attached hydrogens (tertiary/aromatic N) is 4. The second-order valence-electron chi connectivity index (χ2n) is 6.12. The number of hydrogen-bond donors (Lipinski definition) is 2. The topological polar surface area (TPSA) is 88.5 Å². The number of carbonyl (C=O) groups excluding carboxylic acids is 1. The number of aryl methyl sites for hydroxylation is 1. The van der Waals surface area contributed by atoms with Crippen molar-refractivity contribution in [3.8, 4) is 11.4 Å². The van der Waals surface area contributed by atoms with Crippen molar-refractivity contribution in [3.63, 3.8) is 0 Å². The van der Waals surface area contributed by atoms with Gasteiger partial charge in [-0.3, -0.25) is 14.5 Å². The Bertz CT molecular complexity index is 1180. The first-order valence-electron chi connectivity index (χ1n) is 8.12. The number of hydrogen-bond acceptors (Lipinski definition) is 4.